The topological polar surface area (TPSA) is 85.9 Å². The zero-order valence-corrected chi connectivity index (χ0v) is 16.9. The summed E-state index contributed by atoms with van der Waals surface area (Å²) in [6, 6.07) is 10.9. The Hall–Kier alpha value is -2.84. The molecule has 3 aromatic rings. The lowest BCUT2D eigenvalue weighted by molar-refractivity contribution is -0.122. The van der Waals surface area contributed by atoms with E-state index in [1.165, 1.54) is 12.3 Å². The van der Waals surface area contributed by atoms with E-state index in [9.17, 15) is 9.18 Å². The maximum atomic E-state index is 13.6. The Morgan fingerprint density at radius 2 is 2.17 bits per heavy atom. The first-order chi connectivity index (χ1) is 14.7. The van der Waals surface area contributed by atoms with E-state index in [0.717, 1.165) is 49.5 Å². The van der Waals surface area contributed by atoms with Crippen LogP contribution in [0.25, 0.3) is 11.0 Å². The molecule has 1 aliphatic heterocycles. The zero-order valence-electron chi connectivity index (χ0n) is 16.9. The molecule has 0 bridgehead atoms. The molecule has 1 fully saturated rings. The Morgan fingerprint density at radius 1 is 1.27 bits per heavy atom. The summed E-state index contributed by atoms with van der Waals surface area (Å²) in [5.74, 6) is 0.848. The van der Waals surface area contributed by atoms with Crippen LogP contribution in [0, 0.1) is 11.7 Å². The van der Waals surface area contributed by atoms with Gasteiger partial charge in [-0.1, -0.05) is 12.1 Å². The van der Waals surface area contributed by atoms with Crippen molar-refractivity contribution in [3.05, 3.63) is 59.9 Å². The van der Waals surface area contributed by atoms with Crippen molar-refractivity contribution in [1.82, 2.24) is 30.5 Å². The fourth-order valence-corrected chi connectivity index (χ4v) is 3.88. The van der Waals surface area contributed by atoms with Gasteiger partial charge in [0.1, 0.15) is 11.6 Å². The summed E-state index contributed by atoms with van der Waals surface area (Å²) in [5.41, 5.74) is 2.32. The van der Waals surface area contributed by atoms with Crippen LogP contribution in [-0.2, 0) is 17.9 Å². The number of carbonyl (C=O) groups excluding carboxylic acids is 1. The van der Waals surface area contributed by atoms with E-state index in [2.05, 4.69) is 30.5 Å². The number of hydrogen-bond donors (Lipinski definition) is 3. The van der Waals surface area contributed by atoms with Crippen molar-refractivity contribution in [2.24, 2.45) is 5.92 Å². The van der Waals surface area contributed by atoms with Gasteiger partial charge in [0, 0.05) is 36.5 Å². The van der Waals surface area contributed by atoms with Gasteiger partial charge in [0.2, 0.25) is 5.91 Å². The molecule has 8 heteroatoms. The molecule has 1 amide bonds. The van der Waals surface area contributed by atoms with E-state index < -0.39 is 0 Å². The monoisotopic (exact) mass is 416 g/mol. The number of halogens is 1. The standard InChI is InChI=1S/C22H27FN6O.3H2/c23-17-4-3-8-25-20(17)13-26-22(30)12-16-7-10-29(15-16)11-9-24-14-21-27-18-5-1-2-6-19(18)28-21;;;/h1-6,8,16,24H,7,9-15H2,(H,26,30)(H,27,28);3*1H. The van der Waals surface area contributed by atoms with Crippen molar-refractivity contribution in [3.8, 4) is 0 Å². The second kappa shape index (κ2) is 9.77. The molecule has 3 heterocycles. The minimum atomic E-state index is -0.389. The fraction of sp³-hybridized carbons (Fsp3) is 0.409. The second-order valence-corrected chi connectivity index (χ2v) is 7.75. The minimum absolute atomic E-state index is 0. The minimum Gasteiger partial charge on any atom is -0.350 e. The molecule has 4 rings (SSSR count). The lowest BCUT2D eigenvalue weighted by Crippen LogP contribution is -2.31. The molecule has 2 aromatic heterocycles. The summed E-state index contributed by atoms with van der Waals surface area (Å²) in [6.07, 6.45) is 3.01. The van der Waals surface area contributed by atoms with Crippen LogP contribution in [0.5, 0.6) is 0 Å². The zero-order chi connectivity index (χ0) is 20.8. The molecular weight excluding hydrogens is 383 g/mol. The number of pyridine rings is 1. The highest BCUT2D eigenvalue weighted by Gasteiger charge is 2.24. The van der Waals surface area contributed by atoms with Gasteiger partial charge < -0.3 is 20.5 Å². The van der Waals surface area contributed by atoms with Gasteiger partial charge in [-0.2, -0.15) is 0 Å². The number of imidazole rings is 1. The van der Waals surface area contributed by atoms with Crippen molar-refractivity contribution in [3.63, 3.8) is 0 Å². The molecule has 164 valence electrons. The van der Waals surface area contributed by atoms with Crippen LogP contribution in [0.15, 0.2) is 42.6 Å². The number of para-hydroxylation sites is 2. The molecule has 1 atom stereocenters. The van der Waals surface area contributed by atoms with E-state index in [1.54, 1.807) is 6.07 Å². The van der Waals surface area contributed by atoms with E-state index in [0.29, 0.717) is 18.9 Å². The number of hydrogen-bond acceptors (Lipinski definition) is 5. The van der Waals surface area contributed by atoms with Crippen molar-refractivity contribution >= 4 is 16.9 Å². The van der Waals surface area contributed by atoms with Crippen LogP contribution in [0.1, 0.15) is 28.6 Å². The summed E-state index contributed by atoms with van der Waals surface area (Å²) in [5, 5.41) is 6.21. The first-order valence-electron chi connectivity index (χ1n) is 10.4. The number of likely N-dealkylation sites (tertiary alicyclic amines) is 1. The largest absolute Gasteiger partial charge is 0.350 e. The van der Waals surface area contributed by atoms with Gasteiger partial charge in [0.05, 0.1) is 29.8 Å². The average molecular weight is 417 g/mol. The summed E-state index contributed by atoms with van der Waals surface area (Å²) in [4.78, 5) is 26.4. The molecule has 1 unspecified atom stereocenters. The van der Waals surface area contributed by atoms with Crippen molar-refractivity contribution in [2.45, 2.75) is 25.9 Å². The molecule has 7 nitrogen and oxygen atoms in total. The van der Waals surface area contributed by atoms with Crippen LogP contribution in [0.4, 0.5) is 4.39 Å². The van der Waals surface area contributed by atoms with Gasteiger partial charge in [0.15, 0.2) is 0 Å². The third kappa shape index (κ3) is 5.40. The van der Waals surface area contributed by atoms with Gasteiger partial charge >= 0.3 is 0 Å². The summed E-state index contributed by atoms with van der Waals surface area (Å²) < 4.78 is 13.6. The van der Waals surface area contributed by atoms with Crippen molar-refractivity contribution in [1.29, 1.82) is 0 Å². The summed E-state index contributed by atoms with van der Waals surface area (Å²) in [7, 11) is 0. The maximum Gasteiger partial charge on any atom is 0.220 e. The fourth-order valence-electron chi connectivity index (χ4n) is 3.88. The lowest BCUT2D eigenvalue weighted by atomic mass is 10.0. The number of rotatable bonds is 9. The van der Waals surface area contributed by atoms with Crippen molar-refractivity contribution in [2.75, 3.05) is 26.2 Å². The quantitative estimate of drug-likeness (QED) is 0.467. The molecule has 3 N–H and O–H groups in total. The van der Waals surface area contributed by atoms with Gasteiger partial charge in [0.25, 0.3) is 0 Å². The number of benzene rings is 1. The third-order valence-corrected chi connectivity index (χ3v) is 5.47. The Balaban J connectivity index is 0.00000181. The smallest absolute Gasteiger partial charge is 0.220 e. The SMILES string of the molecule is O=C(CC1CCN(CCNCc2nc3ccccc3[nH]2)C1)NCc1ncccc1F.[HH].[HH].[HH]. The second-order valence-electron chi connectivity index (χ2n) is 7.75. The van der Waals surface area contributed by atoms with Crippen LogP contribution in [0.2, 0.25) is 0 Å². The van der Waals surface area contributed by atoms with Crippen LogP contribution < -0.4 is 10.6 Å². The van der Waals surface area contributed by atoms with Crippen molar-refractivity contribution < 1.29 is 13.5 Å². The number of aromatic amines is 1. The predicted molar refractivity (Wildman–Crippen MR) is 119 cm³/mol. The van der Waals surface area contributed by atoms with Gasteiger partial charge in [-0.05, 0) is 43.1 Å². The third-order valence-electron chi connectivity index (χ3n) is 5.47. The molecular formula is C22H33FN6O. The molecule has 30 heavy (non-hydrogen) atoms. The average Bonchev–Trinajstić information content (AvgIpc) is 3.37. The molecule has 1 aromatic carbocycles. The first-order valence-corrected chi connectivity index (χ1v) is 10.4. The first kappa shape index (κ1) is 20.4. The highest BCUT2D eigenvalue weighted by Crippen LogP contribution is 2.19. The van der Waals surface area contributed by atoms with Crippen LogP contribution >= 0.6 is 0 Å². The Kier molecular flexibility index (Phi) is 6.66. The van der Waals surface area contributed by atoms with E-state index in [-0.39, 0.29) is 28.2 Å². The molecule has 0 spiro atoms. The predicted octanol–water partition coefficient (Wildman–Crippen LogP) is 2.95. The molecule has 0 aliphatic carbocycles. The van der Waals surface area contributed by atoms with E-state index in [4.69, 9.17) is 0 Å². The Labute approximate surface area is 179 Å². The number of carbonyl (C=O) groups is 1. The van der Waals surface area contributed by atoms with E-state index in [1.807, 2.05) is 24.3 Å². The van der Waals surface area contributed by atoms with Crippen LogP contribution in [-0.4, -0.2) is 51.9 Å². The van der Waals surface area contributed by atoms with E-state index >= 15 is 0 Å². The Morgan fingerprint density at radius 3 is 3.03 bits per heavy atom. The molecule has 0 saturated carbocycles. The van der Waals surface area contributed by atoms with Gasteiger partial charge in [-0.3, -0.25) is 9.78 Å². The number of nitrogens with one attached hydrogen (secondary N) is 3. The van der Waals surface area contributed by atoms with Crippen LogP contribution in [0.3, 0.4) is 0 Å². The van der Waals surface area contributed by atoms with Gasteiger partial charge in [-0.15, -0.1) is 0 Å². The number of H-pyrrole nitrogens is 1. The number of aromatic nitrogens is 3. The number of fused-ring (bicyclic) bond motifs is 1. The molecule has 1 aliphatic rings. The highest BCUT2D eigenvalue weighted by molar-refractivity contribution is 5.76. The number of amides is 1. The Bertz CT molecular complexity index is 972. The summed E-state index contributed by atoms with van der Waals surface area (Å²) in [6.45, 7) is 4.56. The van der Waals surface area contributed by atoms with Gasteiger partial charge in [-0.25, -0.2) is 9.37 Å². The molecule has 0 radical (unpaired) electrons. The molecule has 1 saturated heterocycles. The normalized spacial score (nSPS) is 16.9. The number of nitrogens with zero attached hydrogens (tertiary/aromatic N) is 3. The lowest BCUT2D eigenvalue weighted by Gasteiger charge is -2.16. The highest BCUT2D eigenvalue weighted by atomic mass is 19.1. The maximum absolute atomic E-state index is 13.6. The summed E-state index contributed by atoms with van der Waals surface area (Å²) >= 11 is 0.